The monoisotopic (exact) mass is 293 g/mol. The fraction of sp³-hybridized carbons (Fsp3) is 0.176. The Hall–Kier alpha value is -2.82. The summed E-state index contributed by atoms with van der Waals surface area (Å²) >= 11 is 0. The molecule has 0 amide bonds. The van der Waals surface area contributed by atoms with Crippen molar-refractivity contribution in [2.45, 2.75) is 6.92 Å². The van der Waals surface area contributed by atoms with Crippen LogP contribution in [0.5, 0.6) is 11.5 Å². The Bertz CT molecular complexity index is 848. The lowest BCUT2D eigenvalue weighted by molar-refractivity contribution is 0.174. The number of nitrogens with zero attached hydrogens (tertiary/aromatic N) is 2. The van der Waals surface area contributed by atoms with Crippen LogP contribution >= 0.6 is 0 Å². The average Bonchev–Trinajstić information content (AvgIpc) is 3.02. The first kappa shape index (κ1) is 12.9. The molecule has 0 bridgehead atoms. The van der Waals surface area contributed by atoms with Gasteiger partial charge in [-0.05, 0) is 42.3 Å². The van der Waals surface area contributed by atoms with Crippen LogP contribution in [0.25, 0.3) is 22.0 Å². The Morgan fingerprint density at radius 1 is 1.00 bits per heavy atom. The molecule has 0 fully saturated rings. The fourth-order valence-electron chi connectivity index (χ4n) is 2.62. The quantitative estimate of drug-likeness (QED) is 0.801. The highest BCUT2D eigenvalue weighted by Crippen LogP contribution is 2.36. The van der Waals surface area contributed by atoms with Gasteiger partial charge in [0.1, 0.15) is 12.1 Å². The maximum Gasteiger partial charge on any atom is 0.231 e. The summed E-state index contributed by atoms with van der Waals surface area (Å²) in [5.74, 6) is 2.44. The topological polar surface area (TPSA) is 56.3 Å². The predicted molar refractivity (Wildman–Crippen MR) is 85.3 cm³/mol. The van der Waals surface area contributed by atoms with Gasteiger partial charge in [0.05, 0.1) is 5.52 Å². The molecule has 0 unspecified atom stereocenters. The van der Waals surface area contributed by atoms with E-state index in [1.165, 1.54) is 0 Å². The van der Waals surface area contributed by atoms with Gasteiger partial charge in [-0.15, -0.1) is 0 Å². The lowest BCUT2D eigenvalue weighted by Crippen LogP contribution is -2.00. The summed E-state index contributed by atoms with van der Waals surface area (Å²) in [5, 5.41) is 4.29. The predicted octanol–water partition coefficient (Wildman–Crippen LogP) is 3.46. The second kappa shape index (κ2) is 5.18. The zero-order valence-corrected chi connectivity index (χ0v) is 12.2. The number of ether oxygens (including phenoxy) is 2. The summed E-state index contributed by atoms with van der Waals surface area (Å²) < 4.78 is 10.8. The molecule has 2 aromatic carbocycles. The first-order valence-electron chi connectivity index (χ1n) is 7.24. The molecule has 4 rings (SSSR count). The fourth-order valence-corrected chi connectivity index (χ4v) is 2.62. The van der Waals surface area contributed by atoms with E-state index in [2.05, 4.69) is 34.3 Å². The van der Waals surface area contributed by atoms with Crippen LogP contribution in [-0.4, -0.2) is 23.3 Å². The van der Waals surface area contributed by atoms with Gasteiger partial charge in [-0.25, -0.2) is 9.97 Å². The number of hydrogen-bond donors (Lipinski definition) is 1. The van der Waals surface area contributed by atoms with Crippen LogP contribution in [0, 0.1) is 0 Å². The molecule has 110 valence electrons. The summed E-state index contributed by atoms with van der Waals surface area (Å²) in [5.41, 5.74) is 3.10. The normalized spacial score (nSPS) is 12.6. The first-order chi connectivity index (χ1) is 10.8. The molecule has 0 aliphatic carbocycles. The number of hydrogen-bond acceptors (Lipinski definition) is 5. The lowest BCUT2D eigenvalue weighted by Gasteiger charge is -2.08. The van der Waals surface area contributed by atoms with Crippen molar-refractivity contribution in [3.63, 3.8) is 0 Å². The van der Waals surface area contributed by atoms with Crippen LogP contribution in [0.3, 0.4) is 0 Å². The Kier molecular flexibility index (Phi) is 3.04. The molecule has 0 saturated heterocycles. The average molecular weight is 293 g/mol. The van der Waals surface area contributed by atoms with Crippen molar-refractivity contribution >= 4 is 16.7 Å². The van der Waals surface area contributed by atoms with Gasteiger partial charge in [-0.1, -0.05) is 12.1 Å². The third-order valence-electron chi connectivity index (χ3n) is 3.69. The summed E-state index contributed by atoms with van der Waals surface area (Å²) in [6.45, 7) is 3.16. The Morgan fingerprint density at radius 3 is 2.73 bits per heavy atom. The lowest BCUT2D eigenvalue weighted by atomic mass is 10.0. The van der Waals surface area contributed by atoms with E-state index in [0.29, 0.717) is 0 Å². The molecule has 0 spiro atoms. The number of benzene rings is 2. The van der Waals surface area contributed by atoms with Crippen LogP contribution in [-0.2, 0) is 0 Å². The Morgan fingerprint density at radius 2 is 1.82 bits per heavy atom. The zero-order chi connectivity index (χ0) is 14.9. The Labute approximate surface area is 127 Å². The third kappa shape index (κ3) is 2.11. The molecule has 0 atom stereocenters. The van der Waals surface area contributed by atoms with Crippen molar-refractivity contribution in [3.8, 4) is 22.6 Å². The van der Waals surface area contributed by atoms with Gasteiger partial charge in [0.2, 0.25) is 6.79 Å². The maximum absolute atomic E-state index is 5.45. The van der Waals surface area contributed by atoms with Crippen molar-refractivity contribution in [2.24, 2.45) is 0 Å². The van der Waals surface area contributed by atoms with E-state index < -0.39 is 0 Å². The molecule has 1 N–H and O–H groups in total. The minimum Gasteiger partial charge on any atom is -0.454 e. The van der Waals surface area contributed by atoms with E-state index in [1.54, 1.807) is 6.33 Å². The molecule has 5 nitrogen and oxygen atoms in total. The van der Waals surface area contributed by atoms with Crippen LogP contribution in [0.15, 0.2) is 42.7 Å². The smallest absolute Gasteiger partial charge is 0.231 e. The number of aromatic nitrogens is 2. The molecule has 1 aliphatic heterocycles. The van der Waals surface area contributed by atoms with E-state index in [4.69, 9.17) is 9.47 Å². The second-order valence-corrected chi connectivity index (χ2v) is 5.05. The molecule has 0 saturated carbocycles. The molecule has 1 aliphatic rings. The van der Waals surface area contributed by atoms with Crippen LogP contribution in [0.4, 0.5) is 5.82 Å². The summed E-state index contributed by atoms with van der Waals surface area (Å²) in [6, 6.07) is 12.1. The first-order valence-corrected chi connectivity index (χ1v) is 7.24. The number of nitrogens with one attached hydrogen (secondary N) is 1. The highest BCUT2D eigenvalue weighted by atomic mass is 16.7. The maximum atomic E-state index is 5.45. The van der Waals surface area contributed by atoms with E-state index in [9.17, 15) is 0 Å². The van der Waals surface area contributed by atoms with Gasteiger partial charge in [0, 0.05) is 11.9 Å². The molecule has 22 heavy (non-hydrogen) atoms. The highest BCUT2D eigenvalue weighted by molar-refractivity contribution is 5.92. The molecule has 2 heterocycles. The van der Waals surface area contributed by atoms with E-state index in [1.807, 2.05) is 24.3 Å². The molecule has 0 radical (unpaired) electrons. The highest BCUT2D eigenvalue weighted by Gasteiger charge is 2.14. The van der Waals surface area contributed by atoms with Gasteiger partial charge in [0.25, 0.3) is 0 Å². The third-order valence-corrected chi connectivity index (χ3v) is 3.69. The largest absolute Gasteiger partial charge is 0.454 e. The minimum absolute atomic E-state index is 0.287. The zero-order valence-electron chi connectivity index (χ0n) is 12.2. The van der Waals surface area contributed by atoms with Crippen LogP contribution in [0.2, 0.25) is 0 Å². The number of rotatable bonds is 3. The molecule has 1 aromatic heterocycles. The molecule has 5 heteroatoms. The van der Waals surface area contributed by atoms with E-state index in [-0.39, 0.29) is 6.79 Å². The second-order valence-electron chi connectivity index (χ2n) is 5.05. The summed E-state index contributed by atoms with van der Waals surface area (Å²) in [4.78, 5) is 8.64. The summed E-state index contributed by atoms with van der Waals surface area (Å²) in [7, 11) is 0. The van der Waals surface area contributed by atoms with Crippen molar-refractivity contribution in [1.82, 2.24) is 9.97 Å². The van der Waals surface area contributed by atoms with Crippen molar-refractivity contribution < 1.29 is 9.47 Å². The van der Waals surface area contributed by atoms with Gasteiger partial charge in [0.15, 0.2) is 11.5 Å². The van der Waals surface area contributed by atoms with Gasteiger partial charge in [-0.2, -0.15) is 0 Å². The van der Waals surface area contributed by atoms with Crippen molar-refractivity contribution in [3.05, 3.63) is 42.7 Å². The van der Waals surface area contributed by atoms with Gasteiger partial charge >= 0.3 is 0 Å². The van der Waals surface area contributed by atoms with E-state index in [0.717, 1.165) is 45.9 Å². The standard InChI is InChI=1S/C17H15N3O2/c1-2-18-17-13-7-11(3-5-14(13)19-9-20-17)12-4-6-15-16(8-12)22-10-21-15/h3-9H,2,10H2,1H3,(H,18,19,20). The minimum atomic E-state index is 0.287. The summed E-state index contributed by atoms with van der Waals surface area (Å²) in [6.07, 6.45) is 1.58. The Balaban J connectivity index is 1.83. The SMILES string of the molecule is CCNc1ncnc2ccc(-c3ccc4c(c3)OCO4)cc12. The molecular formula is C17H15N3O2. The molecule has 3 aromatic rings. The van der Waals surface area contributed by atoms with Gasteiger partial charge in [-0.3, -0.25) is 0 Å². The van der Waals surface area contributed by atoms with Crippen molar-refractivity contribution in [2.75, 3.05) is 18.7 Å². The van der Waals surface area contributed by atoms with Gasteiger partial charge < -0.3 is 14.8 Å². The number of anilines is 1. The molecular weight excluding hydrogens is 278 g/mol. The van der Waals surface area contributed by atoms with E-state index >= 15 is 0 Å². The van der Waals surface area contributed by atoms with Crippen LogP contribution < -0.4 is 14.8 Å². The number of fused-ring (bicyclic) bond motifs is 2. The van der Waals surface area contributed by atoms with Crippen molar-refractivity contribution in [1.29, 1.82) is 0 Å². The van der Waals surface area contributed by atoms with Crippen LogP contribution in [0.1, 0.15) is 6.92 Å².